The van der Waals surface area contributed by atoms with E-state index in [9.17, 15) is 14.4 Å². The third-order valence-electron chi connectivity index (χ3n) is 2.19. The monoisotopic (exact) mass is 205 g/mol. The summed E-state index contributed by atoms with van der Waals surface area (Å²) < 4.78 is 5.64. The van der Waals surface area contributed by atoms with E-state index >= 15 is 0 Å². The highest BCUT2D eigenvalue weighted by Crippen LogP contribution is 2.08. The van der Waals surface area contributed by atoms with Crippen LogP contribution in [0.15, 0.2) is 32.2 Å². The molecule has 0 N–H and O–H groups in total. The minimum absolute atomic E-state index is 0.280. The Morgan fingerprint density at radius 1 is 1.33 bits per heavy atom. The van der Waals surface area contributed by atoms with Gasteiger partial charge in [-0.1, -0.05) is 6.07 Å². The minimum Gasteiger partial charge on any atom is -0.372 e. The molecule has 0 unspecified atom stereocenters. The zero-order valence-electron chi connectivity index (χ0n) is 7.89. The van der Waals surface area contributed by atoms with E-state index in [0.29, 0.717) is 17.4 Å². The lowest BCUT2D eigenvalue weighted by molar-refractivity contribution is 0.112. The number of nitrogens with zero attached hydrogens (tertiary/aromatic N) is 1. The van der Waals surface area contributed by atoms with Gasteiger partial charge < -0.3 is 4.42 Å². The van der Waals surface area contributed by atoms with E-state index < -0.39 is 11.4 Å². The van der Waals surface area contributed by atoms with Gasteiger partial charge in [-0.05, 0) is 12.1 Å². The topological polar surface area (TPSA) is 69.3 Å². The largest absolute Gasteiger partial charge is 0.422 e. The Kier molecular flexibility index (Phi) is 2.00. The van der Waals surface area contributed by atoms with Gasteiger partial charge in [-0.3, -0.25) is 9.36 Å². The van der Waals surface area contributed by atoms with Crippen molar-refractivity contribution < 1.29 is 9.21 Å². The first-order chi connectivity index (χ1) is 7.13. The number of aryl methyl sites for hydroxylation is 1. The molecule has 0 aliphatic heterocycles. The van der Waals surface area contributed by atoms with Gasteiger partial charge in [0.2, 0.25) is 0 Å². The molecule has 1 heterocycles. The molecule has 1 aromatic heterocycles. The predicted octanol–water partition coefficient (Wildman–Crippen LogP) is 0.304. The Balaban J connectivity index is 3.04. The molecule has 0 amide bonds. The van der Waals surface area contributed by atoms with Crippen molar-refractivity contribution in [3.8, 4) is 0 Å². The van der Waals surface area contributed by atoms with Gasteiger partial charge in [0, 0.05) is 12.6 Å². The molecule has 2 rings (SSSR count). The van der Waals surface area contributed by atoms with Gasteiger partial charge in [-0.2, -0.15) is 0 Å². The second-order valence-corrected chi connectivity index (χ2v) is 3.11. The fraction of sp³-hybridized carbons (Fsp3) is 0.100. The minimum atomic E-state index is -0.740. The molecule has 0 spiro atoms. The van der Waals surface area contributed by atoms with E-state index in [1.807, 2.05) is 0 Å². The Labute approximate surface area is 83.6 Å². The summed E-state index contributed by atoms with van der Waals surface area (Å²) in [5.74, 6) is -0.740. The van der Waals surface area contributed by atoms with Crippen LogP contribution in [0.1, 0.15) is 10.4 Å². The first-order valence-electron chi connectivity index (χ1n) is 4.22. The van der Waals surface area contributed by atoms with Gasteiger partial charge in [-0.15, -0.1) is 0 Å². The molecule has 5 heteroatoms. The Morgan fingerprint density at radius 3 is 2.73 bits per heavy atom. The summed E-state index contributed by atoms with van der Waals surface area (Å²) in [5, 5.41) is 0.280. The van der Waals surface area contributed by atoms with E-state index in [0.717, 1.165) is 0 Å². The van der Waals surface area contributed by atoms with Crippen LogP contribution >= 0.6 is 0 Å². The molecule has 0 atom stereocenters. The van der Waals surface area contributed by atoms with Crippen LogP contribution < -0.4 is 11.4 Å². The SMILES string of the molecule is Cn1c(=O)oc(=O)c2ccc(C=O)cc21. The zero-order chi connectivity index (χ0) is 11.0. The van der Waals surface area contributed by atoms with Crippen molar-refractivity contribution in [3.63, 3.8) is 0 Å². The number of carbonyl (C=O) groups excluding carboxylic acids is 1. The smallest absolute Gasteiger partial charge is 0.372 e. The van der Waals surface area contributed by atoms with Crippen LogP contribution in [-0.4, -0.2) is 10.9 Å². The third kappa shape index (κ3) is 1.38. The van der Waals surface area contributed by atoms with E-state index in [1.165, 1.54) is 29.8 Å². The van der Waals surface area contributed by atoms with Crippen LogP contribution in [0, 0.1) is 0 Å². The van der Waals surface area contributed by atoms with Crippen molar-refractivity contribution >= 4 is 17.2 Å². The molecule has 0 bridgehead atoms. The molecule has 0 radical (unpaired) electrons. The van der Waals surface area contributed by atoms with Gasteiger partial charge >= 0.3 is 11.4 Å². The first kappa shape index (κ1) is 9.39. The normalized spacial score (nSPS) is 10.5. The molecule has 0 aliphatic rings. The van der Waals surface area contributed by atoms with Crippen LogP contribution in [0.4, 0.5) is 0 Å². The summed E-state index contributed by atoms with van der Waals surface area (Å²) in [7, 11) is 1.47. The van der Waals surface area contributed by atoms with Crippen LogP contribution in [-0.2, 0) is 7.05 Å². The molecule has 1 aromatic carbocycles. The summed E-state index contributed by atoms with van der Waals surface area (Å²) in [6.45, 7) is 0. The number of rotatable bonds is 1. The summed E-state index contributed by atoms with van der Waals surface area (Å²) in [4.78, 5) is 33.0. The van der Waals surface area contributed by atoms with Crippen LogP contribution in [0.25, 0.3) is 10.9 Å². The van der Waals surface area contributed by atoms with E-state index in [2.05, 4.69) is 4.42 Å². The van der Waals surface area contributed by atoms with Crippen LogP contribution in [0.2, 0.25) is 0 Å². The number of fused-ring (bicyclic) bond motifs is 1. The zero-order valence-corrected chi connectivity index (χ0v) is 7.89. The highest BCUT2D eigenvalue weighted by atomic mass is 16.4. The molecule has 76 valence electrons. The lowest BCUT2D eigenvalue weighted by Gasteiger charge is -2.01. The number of aromatic nitrogens is 1. The first-order valence-corrected chi connectivity index (χ1v) is 4.22. The van der Waals surface area contributed by atoms with Crippen LogP contribution in [0.5, 0.6) is 0 Å². The van der Waals surface area contributed by atoms with E-state index in [-0.39, 0.29) is 5.39 Å². The second kappa shape index (κ2) is 3.20. The molecule has 5 nitrogen and oxygen atoms in total. The van der Waals surface area contributed by atoms with E-state index in [1.54, 1.807) is 0 Å². The standard InChI is InChI=1S/C10H7NO4/c1-11-8-4-6(5-12)2-3-7(8)9(13)15-10(11)14/h2-5H,1H3. The fourth-order valence-electron chi connectivity index (χ4n) is 1.37. The average molecular weight is 205 g/mol. The molecular weight excluding hydrogens is 198 g/mol. The van der Waals surface area contributed by atoms with Crippen molar-refractivity contribution in [2.45, 2.75) is 0 Å². The average Bonchev–Trinajstić information content (AvgIpc) is 2.25. The number of carbonyl (C=O) groups is 1. The third-order valence-corrected chi connectivity index (χ3v) is 2.19. The Hall–Kier alpha value is -2.17. The molecule has 0 saturated carbocycles. The van der Waals surface area contributed by atoms with Gasteiger partial charge in [0.15, 0.2) is 0 Å². The Bertz CT molecular complexity index is 651. The maximum atomic E-state index is 11.3. The quantitative estimate of drug-likeness (QED) is 0.628. The molecule has 0 aliphatic carbocycles. The van der Waals surface area contributed by atoms with Crippen molar-refractivity contribution in [2.24, 2.45) is 7.05 Å². The van der Waals surface area contributed by atoms with Crippen molar-refractivity contribution in [1.82, 2.24) is 4.57 Å². The van der Waals surface area contributed by atoms with Crippen LogP contribution in [0.3, 0.4) is 0 Å². The summed E-state index contributed by atoms with van der Waals surface area (Å²) in [6.07, 6.45) is 0.651. The van der Waals surface area contributed by atoms with Gasteiger partial charge in [0.25, 0.3) is 0 Å². The molecule has 0 fully saturated rings. The Morgan fingerprint density at radius 2 is 2.07 bits per heavy atom. The molecule has 15 heavy (non-hydrogen) atoms. The highest BCUT2D eigenvalue weighted by molar-refractivity contribution is 5.85. The maximum Gasteiger partial charge on any atom is 0.422 e. The number of aldehydes is 1. The molecular formula is C10H7NO4. The van der Waals surface area contributed by atoms with Gasteiger partial charge in [0.05, 0.1) is 10.9 Å². The molecule has 2 aromatic rings. The number of hydrogen-bond acceptors (Lipinski definition) is 4. The predicted molar refractivity (Wildman–Crippen MR) is 53.1 cm³/mol. The summed E-state index contributed by atoms with van der Waals surface area (Å²) in [5.41, 5.74) is 0.106. The summed E-state index contributed by atoms with van der Waals surface area (Å²) in [6, 6.07) is 4.43. The lowest BCUT2D eigenvalue weighted by Crippen LogP contribution is -2.22. The maximum absolute atomic E-state index is 11.3. The van der Waals surface area contributed by atoms with Crippen molar-refractivity contribution in [2.75, 3.05) is 0 Å². The highest BCUT2D eigenvalue weighted by Gasteiger charge is 2.06. The number of hydrogen-bond donors (Lipinski definition) is 0. The fourth-order valence-corrected chi connectivity index (χ4v) is 1.37. The second-order valence-electron chi connectivity index (χ2n) is 3.11. The van der Waals surface area contributed by atoms with Crippen molar-refractivity contribution in [3.05, 3.63) is 44.7 Å². The van der Waals surface area contributed by atoms with Gasteiger partial charge in [-0.25, -0.2) is 9.59 Å². The number of benzene rings is 1. The van der Waals surface area contributed by atoms with Gasteiger partial charge in [0.1, 0.15) is 6.29 Å². The van der Waals surface area contributed by atoms with E-state index in [4.69, 9.17) is 0 Å². The molecule has 0 saturated heterocycles. The summed E-state index contributed by atoms with van der Waals surface area (Å²) >= 11 is 0. The van der Waals surface area contributed by atoms with Crippen molar-refractivity contribution in [1.29, 1.82) is 0 Å². The lowest BCUT2D eigenvalue weighted by atomic mass is 10.2.